The number of para-hydroxylation sites is 2. The van der Waals surface area contributed by atoms with E-state index >= 15 is 0 Å². The van der Waals surface area contributed by atoms with Gasteiger partial charge in [0.05, 0.1) is 5.71 Å². The summed E-state index contributed by atoms with van der Waals surface area (Å²) in [5.74, 6) is 0. The van der Waals surface area contributed by atoms with Crippen molar-refractivity contribution in [2.75, 3.05) is 6.26 Å². The van der Waals surface area contributed by atoms with E-state index in [1.54, 1.807) is 25.1 Å². The molecule has 1 aromatic carbocycles. The smallest absolute Gasteiger partial charge is 0.242 e. The maximum atomic E-state index is 11.9. The lowest BCUT2D eigenvalue weighted by molar-refractivity contribution is -0.577. The summed E-state index contributed by atoms with van der Waals surface area (Å²) in [7, 11) is 0. The van der Waals surface area contributed by atoms with Gasteiger partial charge in [0, 0.05) is 6.07 Å². The summed E-state index contributed by atoms with van der Waals surface area (Å²) >= 11 is 6.38. The van der Waals surface area contributed by atoms with Gasteiger partial charge in [-0.2, -0.15) is 9.83 Å². The van der Waals surface area contributed by atoms with Gasteiger partial charge in [0.15, 0.2) is 10.0 Å². The number of rotatable bonds is 2. The Bertz CT molecular complexity index is 657. The third-order valence-electron chi connectivity index (χ3n) is 2.47. The van der Waals surface area contributed by atoms with Gasteiger partial charge in [-0.3, -0.25) is 5.43 Å². The third kappa shape index (κ3) is 3.18. The molecular formula is C12H12N4OS2. The first kappa shape index (κ1) is 13.7. The molecule has 1 aromatic heterocycles. The first-order valence-corrected chi connectivity index (χ1v) is 7.12. The Hall–Kier alpha value is -1.73. The van der Waals surface area contributed by atoms with Crippen molar-refractivity contribution in [2.24, 2.45) is 5.10 Å². The fraction of sp³-hybridized carbons (Fsp3) is 0.167. The molecule has 0 aliphatic heterocycles. The van der Waals surface area contributed by atoms with Gasteiger partial charge in [-0.1, -0.05) is 36.1 Å². The predicted octanol–water partition coefficient (Wildman–Crippen LogP) is 1.83. The molecule has 2 rings (SSSR count). The number of hydrazone groups is 1. The number of benzene rings is 1. The highest BCUT2D eigenvalue weighted by molar-refractivity contribution is 8.22. The molecule has 0 unspecified atom stereocenters. The fourth-order valence-corrected chi connectivity index (χ4v) is 1.67. The fourth-order valence-electron chi connectivity index (χ4n) is 1.49. The van der Waals surface area contributed by atoms with E-state index < -0.39 is 0 Å². The summed E-state index contributed by atoms with van der Waals surface area (Å²) in [6, 6.07) is 7.16. The first-order valence-electron chi connectivity index (χ1n) is 5.49. The van der Waals surface area contributed by atoms with Crippen molar-refractivity contribution in [1.82, 2.24) is 10.4 Å². The van der Waals surface area contributed by atoms with E-state index in [9.17, 15) is 5.21 Å². The molecule has 1 N–H and O–H groups in total. The van der Waals surface area contributed by atoms with Gasteiger partial charge in [-0.25, -0.2) is 4.98 Å². The minimum absolute atomic E-state index is 0.519. The van der Waals surface area contributed by atoms with Crippen LogP contribution in [0.4, 0.5) is 0 Å². The lowest BCUT2D eigenvalue weighted by Gasteiger charge is -2.05. The van der Waals surface area contributed by atoms with E-state index in [1.807, 2.05) is 12.3 Å². The van der Waals surface area contributed by atoms with Crippen molar-refractivity contribution < 1.29 is 4.73 Å². The second kappa shape index (κ2) is 5.94. The number of fused-ring (bicyclic) bond motifs is 1. The Morgan fingerprint density at radius 2 is 2.21 bits per heavy atom. The van der Waals surface area contributed by atoms with Gasteiger partial charge < -0.3 is 5.21 Å². The molecule has 0 atom stereocenters. The lowest BCUT2D eigenvalue weighted by atomic mass is 10.2. The molecule has 0 aliphatic rings. The van der Waals surface area contributed by atoms with Crippen LogP contribution < -0.4 is 10.2 Å². The van der Waals surface area contributed by atoms with Crippen molar-refractivity contribution in [2.45, 2.75) is 6.92 Å². The molecule has 98 valence electrons. The quantitative estimate of drug-likeness (QED) is 0.301. The van der Waals surface area contributed by atoms with Gasteiger partial charge >= 0.3 is 0 Å². The molecule has 0 spiro atoms. The highest BCUT2D eigenvalue weighted by Gasteiger charge is 2.10. The Balaban J connectivity index is 2.37. The first-order chi connectivity index (χ1) is 9.11. The Labute approximate surface area is 120 Å². The van der Waals surface area contributed by atoms with E-state index in [1.165, 1.54) is 18.0 Å². The molecule has 0 saturated heterocycles. The Morgan fingerprint density at radius 1 is 1.47 bits per heavy atom. The molecule has 0 bridgehead atoms. The molecule has 7 heteroatoms. The SMILES string of the molecule is CSC(=S)N/N=C(\C)c1c[n+]([O-])c2ccccc2n1. The van der Waals surface area contributed by atoms with E-state index in [0.29, 0.717) is 26.8 Å². The second-order valence-electron chi connectivity index (χ2n) is 3.74. The number of nitrogens with zero attached hydrogens (tertiary/aromatic N) is 3. The molecule has 5 nitrogen and oxygen atoms in total. The van der Waals surface area contributed by atoms with E-state index in [0.717, 1.165) is 4.73 Å². The molecule has 0 radical (unpaired) electrons. The van der Waals surface area contributed by atoms with Crippen LogP contribution >= 0.6 is 24.0 Å². The van der Waals surface area contributed by atoms with Gasteiger partial charge in [-0.05, 0) is 19.2 Å². The number of hydrogen-bond acceptors (Lipinski definition) is 5. The Morgan fingerprint density at radius 3 is 2.95 bits per heavy atom. The zero-order valence-electron chi connectivity index (χ0n) is 10.5. The highest BCUT2D eigenvalue weighted by atomic mass is 32.2. The van der Waals surface area contributed by atoms with Crippen molar-refractivity contribution in [3.05, 3.63) is 41.4 Å². The van der Waals surface area contributed by atoms with Crippen LogP contribution in [-0.2, 0) is 0 Å². The molecule has 0 saturated carbocycles. The third-order valence-corrected chi connectivity index (χ3v) is 3.52. The topological polar surface area (TPSA) is 64.2 Å². The van der Waals surface area contributed by atoms with Crippen LogP contribution in [0.3, 0.4) is 0 Å². The lowest BCUT2D eigenvalue weighted by Crippen LogP contribution is -2.29. The van der Waals surface area contributed by atoms with Crippen LogP contribution in [0.1, 0.15) is 12.6 Å². The highest BCUT2D eigenvalue weighted by Crippen LogP contribution is 2.07. The van der Waals surface area contributed by atoms with Crippen molar-refractivity contribution in [3.63, 3.8) is 0 Å². The molecule has 0 amide bonds. The largest absolute Gasteiger partial charge is 0.618 e. The molecular weight excluding hydrogens is 280 g/mol. The minimum atomic E-state index is 0.519. The van der Waals surface area contributed by atoms with Crippen molar-refractivity contribution >= 4 is 45.0 Å². The minimum Gasteiger partial charge on any atom is -0.618 e. The van der Waals surface area contributed by atoms with Crippen LogP contribution in [0.5, 0.6) is 0 Å². The van der Waals surface area contributed by atoms with E-state index in [-0.39, 0.29) is 0 Å². The molecule has 19 heavy (non-hydrogen) atoms. The summed E-state index contributed by atoms with van der Waals surface area (Å²) in [4.78, 5) is 4.40. The molecule has 0 fully saturated rings. The van der Waals surface area contributed by atoms with Crippen LogP contribution in [-0.4, -0.2) is 21.3 Å². The Kier molecular flexibility index (Phi) is 4.28. The van der Waals surface area contributed by atoms with Crippen molar-refractivity contribution in [1.29, 1.82) is 0 Å². The van der Waals surface area contributed by atoms with Gasteiger partial charge in [0.25, 0.3) is 0 Å². The predicted molar refractivity (Wildman–Crippen MR) is 82.2 cm³/mol. The normalized spacial score (nSPS) is 11.6. The average Bonchev–Trinajstić information content (AvgIpc) is 2.44. The molecule has 1 heterocycles. The maximum Gasteiger partial charge on any atom is 0.242 e. The number of thioether (sulfide) groups is 1. The summed E-state index contributed by atoms with van der Waals surface area (Å²) in [6.07, 6.45) is 3.27. The van der Waals surface area contributed by atoms with Crippen LogP contribution in [0.2, 0.25) is 0 Å². The van der Waals surface area contributed by atoms with Gasteiger partial charge in [0.1, 0.15) is 5.52 Å². The van der Waals surface area contributed by atoms with Crippen LogP contribution in [0.25, 0.3) is 11.0 Å². The monoisotopic (exact) mass is 292 g/mol. The summed E-state index contributed by atoms with van der Waals surface area (Å²) in [5.41, 5.74) is 5.02. The van der Waals surface area contributed by atoms with Gasteiger partial charge in [0.2, 0.25) is 11.7 Å². The number of thiocarbonyl (C=S) groups is 1. The maximum absolute atomic E-state index is 11.9. The van der Waals surface area contributed by atoms with E-state index in [4.69, 9.17) is 12.2 Å². The second-order valence-corrected chi connectivity index (χ2v) is 5.22. The molecule has 2 aromatic rings. The van der Waals surface area contributed by atoms with Crippen LogP contribution in [0, 0.1) is 5.21 Å². The number of nitrogens with one attached hydrogen (secondary N) is 1. The average molecular weight is 292 g/mol. The number of hydrogen-bond donors (Lipinski definition) is 1. The number of aromatic nitrogens is 2. The standard InChI is InChI=1S/C12H12N4OS2/c1-8(14-15-12(18)19-2)10-7-16(17)11-6-4-3-5-9(11)13-10/h3-7H,1-2H3,(H,15,18)/b14-8+. The zero-order chi connectivity index (χ0) is 13.8. The summed E-state index contributed by atoms with van der Waals surface area (Å²) in [5, 5.41) is 16.0. The summed E-state index contributed by atoms with van der Waals surface area (Å²) in [6.45, 7) is 1.77. The summed E-state index contributed by atoms with van der Waals surface area (Å²) < 4.78 is 1.36. The van der Waals surface area contributed by atoms with E-state index in [2.05, 4.69) is 15.5 Å². The van der Waals surface area contributed by atoms with Crippen LogP contribution in [0.15, 0.2) is 35.6 Å². The van der Waals surface area contributed by atoms with Crippen molar-refractivity contribution in [3.8, 4) is 0 Å². The van der Waals surface area contributed by atoms with Gasteiger partial charge in [-0.15, -0.1) is 0 Å². The molecule has 0 aliphatic carbocycles. The zero-order valence-corrected chi connectivity index (χ0v) is 12.1.